The van der Waals surface area contributed by atoms with E-state index < -0.39 is 0 Å². The van der Waals surface area contributed by atoms with Crippen LogP contribution in [0.3, 0.4) is 0 Å². The topological polar surface area (TPSA) is 8.17 Å². The van der Waals surface area contributed by atoms with Gasteiger partial charge in [0, 0.05) is 33.8 Å². The average molecular weight is 589 g/mol. The van der Waals surface area contributed by atoms with Gasteiger partial charge in [0.15, 0.2) is 0 Å². The molecule has 0 saturated heterocycles. The van der Waals surface area contributed by atoms with E-state index in [0.29, 0.717) is 0 Å². The normalized spacial score (nSPS) is 17.3. The van der Waals surface area contributed by atoms with Crippen molar-refractivity contribution in [2.75, 3.05) is 4.90 Å². The molecule has 0 amide bonds. The minimum absolute atomic E-state index is 0.172. The van der Waals surface area contributed by atoms with Gasteiger partial charge in [0.2, 0.25) is 0 Å². The first kappa shape index (κ1) is 26.5. The van der Waals surface area contributed by atoms with E-state index in [-0.39, 0.29) is 12.0 Å². The molecule has 0 N–H and O–H groups in total. The van der Waals surface area contributed by atoms with Crippen LogP contribution in [0.25, 0.3) is 49.9 Å². The van der Waals surface area contributed by atoms with Crippen LogP contribution in [-0.4, -0.2) is 10.6 Å². The molecule has 0 bridgehead atoms. The average Bonchev–Trinajstić information content (AvgIpc) is 3.71. The van der Waals surface area contributed by atoms with Crippen LogP contribution in [0, 0.1) is 5.92 Å². The number of hydrogen-bond acceptors (Lipinski definition) is 1. The molecule has 1 aliphatic carbocycles. The molecule has 2 heteroatoms. The Labute approximate surface area is 269 Å². The van der Waals surface area contributed by atoms with E-state index in [1.165, 1.54) is 66.7 Å². The summed E-state index contributed by atoms with van der Waals surface area (Å²) in [6, 6.07) is 57.0. The number of benzene rings is 6. The number of hydrogen-bond donors (Lipinski definition) is 0. The Balaban J connectivity index is 1.17. The lowest BCUT2D eigenvalue weighted by Gasteiger charge is -2.33. The van der Waals surface area contributed by atoms with Crippen LogP contribution in [0.15, 0.2) is 182 Å². The Morgan fingerprint density at radius 1 is 0.500 bits per heavy atom. The summed E-state index contributed by atoms with van der Waals surface area (Å²) < 4.78 is 2.38. The second-order valence-electron chi connectivity index (χ2n) is 12.2. The maximum absolute atomic E-state index is 2.56. The zero-order chi connectivity index (χ0) is 30.5. The first-order valence-electron chi connectivity index (χ1n) is 16.0. The molecule has 46 heavy (non-hydrogen) atoms. The standard InChI is InChI=1S/C44H32N2/c1-4-14-32(15-5-1)42-30-37-27-34(25-26-40(37)45(42)38-19-8-3-9-20-38)35-23-24-36-29-43(33-16-6-2-7-17-33)46(44(36)28-35)41-22-12-18-31-13-10-11-21-39(31)41/h1-30,36,44H. The smallest absolute Gasteiger partial charge is 0.0629 e. The number of fused-ring (bicyclic) bond motifs is 3. The zero-order valence-electron chi connectivity index (χ0n) is 25.4. The number of anilines is 1. The summed E-state index contributed by atoms with van der Waals surface area (Å²) in [5.74, 6) is 0.283. The molecule has 0 spiro atoms. The Bertz CT molecular complexity index is 2300. The second kappa shape index (κ2) is 10.9. The summed E-state index contributed by atoms with van der Waals surface area (Å²) in [4.78, 5) is 2.56. The third-order valence-electron chi connectivity index (χ3n) is 9.47. The molecule has 0 radical (unpaired) electrons. The van der Waals surface area contributed by atoms with Crippen molar-refractivity contribution in [2.45, 2.75) is 6.04 Å². The molecule has 1 aromatic heterocycles. The van der Waals surface area contributed by atoms with Crippen LogP contribution < -0.4 is 4.90 Å². The van der Waals surface area contributed by atoms with Crippen molar-refractivity contribution in [3.63, 3.8) is 0 Å². The summed E-state index contributed by atoms with van der Waals surface area (Å²) in [6.45, 7) is 0. The summed E-state index contributed by atoms with van der Waals surface area (Å²) in [6.07, 6.45) is 9.64. The molecule has 0 fully saturated rings. The molecule has 0 saturated carbocycles. The maximum atomic E-state index is 2.56. The molecule has 2 unspecified atom stereocenters. The van der Waals surface area contributed by atoms with Gasteiger partial charge in [-0.3, -0.25) is 0 Å². The van der Waals surface area contributed by atoms with Gasteiger partial charge in [-0.15, -0.1) is 0 Å². The number of aromatic nitrogens is 1. The fraction of sp³-hybridized carbons (Fsp3) is 0.0455. The number of allylic oxidation sites excluding steroid dienone is 2. The van der Waals surface area contributed by atoms with Crippen LogP contribution in [0.4, 0.5) is 5.69 Å². The predicted octanol–water partition coefficient (Wildman–Crippen LogP) is 10.9. The SMILES string of the molecule is C1=CC2C=C(c3ccccc3)N(c3cccc4ccccc34)C2C=C1c1ccc2c(c1)cc(-c1ccccc1)n2-c1ccccc1. The van der Waals surface area contributed by atoms with E-state index in [4.69, 9.17) is 0 Å². The van der Waals surface area contributed by atoms with Gasteiger partial charge in [-0.2, -0.15) is 0 Å². The van der Waals surface area contributed by atoms with E-state index in [2.05, 4.69) is 191 Å². The highest BCUT2D eigenvalue weighted by Crippen LogP contribution is 2.45. The molecule has 1 aliphatic heterocycles. The van der Waals surface area contributed by atoms with E-state index in [9.17, 15) is 0 Å². The summed E-state index contributed by atoms with van der Waals surface area (Å²) in [7, 11) is 0. The van der Waals surface area contributed by atoms with Crippen LogP contribution in [0.2, 0.25) is 0 Å². The van der Waals surface area contributed by atoms with Crippen molar-refractivity contribution >= 4 is 38.6 Å². The van der Waals surface area contributed by atoms with Gasteiger partial charge in [-0.25, -0.2) is 0 Å². The van der Waals surface area contributed by atoms with Gasteiger partial charge in [0.05, 0.1) is 17.3 Å². The minimum Gasteiger partial charge on any atom is -0.333 e. The monoisotopic (exact) mass is 588 g/mol. The largest absolute Gasteiger partial charge is 0.333 e. The summed E-state index contributed by atoms with van der Waals surface area (Å²) in [5, 5.41) is 3.76. The summed E-state index contributed by atoms with van der Waals surface area (Å²) >= 11 is 0. The number of rotatable bonds is 5. The number of para-hydroxylation sites is 1. The highest BCUT2D eigenvalue weighted by Gasteiger charge is 2.36. The molecular formula is C44H32N2. The van der Waals surface area contributed by atoms with E-state index in [1.807, 2.05) is 0 Å². The second-order valence-corrected chi connectivity index (χ2v) is 12.2. The fourth-order valence-corrected chi connectivity index (χ4v) is 7.32. The van der Waals surface area contributed by atoms with Crippen molar-refractivity contribution in [1.29, 1.82) is 0 Å². The fourth-order valence-electron chi connectivity index (χ4n) is 7.32. The molecular weight excluding hydrogens is 556 g/mol. The van der Waals surface area contributed by atoms with Crippen molar-refractivity contribution in [2.24, 2.45) is 5.92 Å². The zero-order valence-corrected chi connectivity index (χ0v) is 25.4. The van der Waals surface area contributed by atoms with E-state index in [1.54, 1.807) is 0 Å². The quantitative estimate of drug-likeness (QED) is 0.194. The Morgan fingerprint density at radius 3 is 2.00 bits per heavy atom. The molecule has 7 aromatic rings. The van der Waals surface area contributed by atoms with Crippen LogP contribution in [0.1, 0.15) is 11.1 Å². The molecule has 2 atom stereocenters. The van der Waals surface area contributed by atoms with Gasteiger partial charge in [0.25, 0.3) is 0 Å². The van der Waals surface area contributed by atoms with E-state index >= 15 is 0 Å². The Hall–Kier alpha value is -5.86. The van der Waals surface area contributed by atoms with Gasteiger partial charge in [-0.1, -0.05) is 146 Å². The lowest BCUT2D eigenvalue weighted by molar-refractivity contribution is 0.709. The van der Waals surface area contributed by atoms with Gasteiger partial charge >= 0.3 is 0 Å². The molecule has 2 nitrogen and oxygen atoms in total. The van der Waals surface area contributed by atoms with Crippen molar-refractivity contribution in [3.05, 3.63) is 193 Å². The maximum Gasteiger partial charge on any atom is 0.0629 e. The van der Waals surface area contributed by atoms with Gasteiger partial charge < -0.3 is 9.47 Å². The van der Waals surface area contributed by atoms with Crippen LogP contribution >= 0.6 is 0 Å². The lowest BCUT2D eigenvalue weighted by Crippen LogP contribution is -2.33. The van der Waals surface area contributed by atoms with Crippen molar-refractivity contribution in [3.8, 4) is 16.9 Å². The highest BCUT2D eigenvalue weighted by atomic mass is 15.2. The Morgan fingerprint density at radius 2 is 1.20 bits per heavy atom. The van der Waals surface area contributed by atoms with Gasteiger partial charge in [0.1, 0.15) is 0 Å². The molecule has 2 aliphatic rings. The first-order valence-corrected chi connectivity index (χ1v) is 16.0. The third kappa shape index (κ3) is 4.42. The lowest BCUT2D eigenvalue weighted by atomic mass is 9.89. The Kier molecular flexibility index (Phi) is 6.31. The molecule has 2 heterocycles. The van der Waals surface area contributed by atoms with E-state index in [0.717, 1.165) is 0 Å². The predicted molar refractivity (Wildman–Crippen MR) is 194 cm³/mol. The minimum atomic E-state index is 0.172. The molecule has 6 aromatic carbocycles. The van der Waals surface area contributed by atoms with Crippen LogP contribution in [-0.2, 0) is 0 Å². The highest BCUT2D eigenvalue weighted by molar-refractivity contribution is 6.00. The van der Waals surface area contributed by atoms with Crippen LogP contribution in [0.5, 0.6) is 0 Å². The number of nitrogens with zero attached hydrogens (tertiary/aromatic N) is 2. The van der Waals surface area contributed by atoms with Crippen molar-refractivity contribution in [1.82, 2.24) is 4.57 Å². The van der Waals surface area contributed by atoms with Gasteiger partial charge in [-0.05, 0) is 64.0 Å². The first-order chi connectivity index (χ1) is 22.8. The molecule has 218 valence electrons. The third-order valence-corrected chi connectivity index (χ3v) is 9.47. The van der Waals surface area contributed by atoms with Crippen molar-refractivity contribution < 1.29 is 0 Å². The summed E-state index contributed by atoms with van der Waals surface area (Å²) in [5.41, 5.74) is 11.0. The molecule has 9 rings (SSSR count).